The number of nitrogens with zero attached hydrogens (tertiary/aromatic N) is 2. The zero-order valence-electron chi connectivity index (χ0n) is 31.1. The average molecular weight is 745 g/mol. The van der Waals surface area contributed by atoms with Gasteiger partial charge in [-0.15, -0.1) is 11.3 Å². The number of benzene rings is 9. The quantitative estimate of drug-likeness (QED) is 0.158. The maximum absolute atomic E-state index is 2.42. The molecule has 0 aliphatic rings. The molecule has 0 unspecified atom stereocenters. The van der Waals surface area contributed by atoms with Crippen molar-refractivity contribution >= 4 is 70.4 Å². The van der Waals surface area contributed by atoms with E-state index < -0.39 is 0 Å². The van der Waals surface area contributed by atoms with Crippen LogP contribution in [0.1, 0.15) is 0 Å². The zero-order chi connectivity index (χ0) is 37.7. The maximum atomic E-state index is 2.42. The van der Waals surface area contributed by atoms with Gasteiger partial charge in [0.25, 0.3) is 0 Å². The van der Waals surface area contributed by atoms with Crippen LogP contribution in [0.2, 0.25) is 0 Å². The molecular formula is C54H36N2S. The molecule has 0 aliphatic heterocycles. The van der Waals surface area contributed by atoms with E-state index in [9.17, 15) is 0 Å². The highest BCUT2D eigenvalue weighted by atomic mass is 32.1. The second-order valence-corrected chi connectivity index (χ2v) is 15.6. The highest BCUT2D eigenvalue weighted by Gasteiger charge is 2.19. The molecule has 0 spiro atoms. The molecule has 2 aromatic heterocycles. The first-order valence-corrected chi connectivity index (χ1v) is 20.2. The minimum absolute atomic E-state index is 1.10. The van der Waals surface area contributed by atoms with Crippen molar-refractivity contribution in [3.05, 3.63) is 218 Å². The van der Waals surface area contributed by atoms with Gasteiger partial charge in [-0.3, -0.25) is 0 Å². The third kappa shape index (κ3) is 5.80. The van der Waals surface area contributed by atoms with Gasteiger partial charge in [-0.05, 0) is 106 Å². The van der Waals surface area contributed by atoms with Crippen molar-refractivity contribution in [3.63, 3.8) is 0 Å². The van der Waals surface area contributed by atoms with E-state index in [1.54, 1.807) is 0 Å². The standard InChI is InChI=1S/C54H36N2S/c1-4-12-37(13-5-1)39-20-27-44(28-21-39)55(45-29-22-40(23-30-45)38-14-6-2-7-15-38)46-31-24-41(25-32-46)42-26-34-50-49(36-42)53-51(56(50)43-16-8-3-9-17-43)35-33-48-47-18-10-11-19-52(47)57-54(48)53/h1-36H. The number of hydrogen-bond donors (Lipinski definition) is 0. The number of anilines is 3. The van der Waals surface area contributed by atoms with E-state index in [0.717, 1.165) is 17.1 Å². The maximum Gasteiger partial charge on any atom is 0.0555 e. The lowest BCUT2D eigenvalue weighted by Crippen LogP contribution is -2.09. The van der Waals surface area contributed by atoms with Crippen LogP contribution in [0, 0.1) is 0 Å². The van der Waals surface area contributed by atoms with E-state index in [-0.39, 0.29) is 0 Å². The van der Waals surface area contributed by atoms with E-state index in [1.807, 2.05) is 11.3 Å². The van der Waals surface area contributed by atoms with Gasteiger partial charge < -0.3 is 9.47 Å². The molecule has 0 saturated carbocycles. The molecule has 0 atom stereocenters. The van der Waals surface area contributed by atoms with E-state index in [1.165, 1.54) is 81.0 Å². The summed E-state index contributed by atoms with van der Waals surface area (Å²) >= 11 is 1.90. The van der Waals surface area contributed by atoms with Gasteiger partial charge in [0.15, 0.2) is 0 Å². The number of thiophene rings is 1. The summed E-state index contributed by atoms with van der Waals surface area (Å²) in [7, 11) is 0. The molecule has 0 N–H and O–H groups in total. The molecule has 0 aliphatic carbocycles. The Balaban J connectivity index is 1.02. The lowest BCUT2D eigenvalue weighted by atomic mass is 10.0. The van der Waals surface area contributed by atoms with Gasteiger partial charge in [0.2, 0.25) is 0 Å². The van der Waals surface area contributed by atoms with Crippen LogP contribution < -0.4 is 4.90 Å². The van der Waals surface area contributed by atoms with Gasteiger partial charge in [-0.25, -0.2) is 0 Å². The summed E-state index contributed by atoms with van der Waals surface area (Å²) in [6, 6.07) is 79.1. The van der Waals surface area contributed by atoms with Crippen molar-refractivity contribution in [3.8, 4) is 39.1 Å². The van der Waals surface area contributed by atoms with Crippen molar-refractivity contribution in [2.75, 3.05) is 4.90 Å². The Hall–Kier alpha value is -7.20. The normalized spacial score (nSPS) is 11.5. The lowest BCUT2D eigenvalue weighted by Gasteiger charge is -2.26. The van der Waals surface area contributed by atoms with Gasteiger partial charge in [0, 0.05) is 53.7 Å². The Morgan fingerprint density at radius 2 is 0.789 bits per heavy atom. The third-order valence-corrected chi connectivity index (χ3v) is 12.4. The van der Waals surface area contributed by atoms with Crippen LogP contribution in [0.15, 0.2) is 218 Å². The Labute approximate surface area is 335 Å². The largest absolute Gasteiger partial charge is 0.311 e. The lowest BCUT2D eigenvalue weighted by molar-refractivity contribution is 1.18. The number of hydrogen-bond acceptors (Lipinski definition) is 2. The molecule has 9 aromatic carbocycles. The molecule has 57 heavy (non-hydrogen) atoms. The number of para-hydroxylation sites is 1. The first-order chi connectivity index (χ1) is 28.3. The molecule has 3 heteroatoms. The highest BCUT2D eigenvalue weighted by Crippen LogP contribution is 2.44. The van der Waals surface area contributed by atoms with Gasteiger partial charge >= 0.3 is 0 Å². The molecule has 268 valence electrons. The topological polar surface area (TPSA) is 8.17 Å². The highest BCUT2D eigenvalue weighted by molar-refractivity contribution is 7.26. The number of rotatable bonds is 7. The summed E-state index contributed by atoms with van der Waals surface area (Å²) in [6.45, 7) is 0. The van der Waals surface area contributed by atoms with Gasteiger partial charge in [0.1, 0.15) is 0 Å². The van der Waals surface area contributed by atoms with Crippen LogP contribution in [-0.2, 0) is 0 Å². The summed E-state index contributed by atoms with van der Waals surface area (Å²) in [5, 5.41) is 5.22. The fraction of sp³-hybridized carbons (Fsp3) is 0. The molecule has 0 radical (unpaired) electrons. The number of fused-ring (bicyclic) bond motifs is 7. The summed E-state index contributed by atoms with van der Waals surface area (Å²) in [6.07, 6.45) is 0. The summed E-state index contributed by atoms with van der Waals surface area (Å²) < 4.78 is 5.08. The monoisotopic (exact) mass is 744 g/mol. The van der Waals surface area contributed by atoms with Crippen LogP contribution in [0.3, 0.4) is 0 Å². The molecule has 0 fully saturated rings. The molecule has 11 aromatic rings. The molecule has 0 amide bonds. The first-order valence-electron chi connectivity index (χ1n) is 19.4. The Bertz CT molecular complexity index is 3100. The predicted molar refractivity (Wildman–Crippen MR) is 245 cm³/mol. The minimum Gasteiger partial charge on any atom is -0.311 e. The van der Waals surface area contributed by atoms with E-state index in [4.69, 9.17) is 0 Å². The van der Waals surface area contributed by atoms with Crippen molar-refractivity contribution in [1.82, 2.24) is 4.57 Å². The van der Waals surface area contributed by atoms with Gasteiger partial charge in [-0.2, -0.15) is 0 Å². The molecule has 2 heterocycles. The fourth-order valence-electron chi connectivity index (χ4n) is 8.44. The predicted octanol–water partition coefficient (Wildman–Crippen LogP) is 15.6. The van der Waals surface area contributed by atoms with Crippen LogP contribution >= 0.6 is 11.3 Å². The molecule has 0 saturated heterocycles. The van der Waals surface area contributed by atoms with Crippen molar-refractivity contribution < 1.29 is 0 Å². The summed E-state index contributed by atoms with van der Waals surface area (Å²) in [4.78, 5) is 2.35. The Kier molecular flexibility index (Phi) is 8.04. The second-order valence-electron chi connectivity index (χ2n) is 14.5. The van der Waals surface area contributed by atoms with Crippen molar-refractivity contribution in [1.29, 1.82) is 0 Å². The minimum atomic E-state index is 1.10. The van der Waals surface area contributed by atoms with E-state index in [2.05, 4.69) is 228 Å². The third-order valence-electron chi connectivity index (χ3n) is 11.2. The Morgan fingerprint density at radius 1 is 0.333 bits per heavy atom. The summed E-state index contributed by atoms with van der Waals surface area (Å²) in [5.41, 5.74) is 14.1. The first kappa shape index (κ1) is 33.2. The molecule has 0 bridgehead atoms. The van der Waals surface area contributed by atoms with Crippen molar-refractivity contribution in [2.45, 2.75) is 0 Å². The van der Waals surface area contributed by atoms with Crippen LogP contribution in [-0.4, -0.2) is 4.57 Å². The molecule has 11 rings (SSSR count). The second kappa shape index (κ2) is 13.8. The fourth-order valence-corrected chi connectivity index (χ4v) is 9.70. The van der Waals surface area contributed by atoms with E-state index in [0.29, 0.717) is 0 Å². The molecule has 2 nitrogen and oxygen atoms in total. The van der Waals surface area contributed by atoms with Crippen LogP contribution in [0.5, 0.6) is 0 Å². The zero-order valence-corrected chi connectivity index (χ0v) is 31.9. The van der Waals surface area contributed by atoms with Gasteiger partial charge in [-0.1, -0.05) is 146 Å². The van der Waals surface area contributed by atoms with Crippen LogP contribution in [0.25, 0.3) is 81.0 Å². The SMILES string of the molecule is c1ccc(-c2ccc(N(c3ccc(-c4ccccc4)cc3)c3ccc(-c4ccc5c(c4)c4c6sc7ccccc7c6ccc4n5-c4ccccc4)cc3)cc2)cc1. The van der Waals surface area contributed by atoms with E-state index >= 15 is 0 Å². The Morgan fingerprint density at radius 3 is 1.37 bits per heavy atom. The smallest absolute Gasteiger partial charge is 0.0555 e. The average Bonchev–Trinajstić information content (AvgIpc) is 3.84. The van der Waals surface area contributed by atoms with Crippen molar-refractivity contribution in [2.24, 2.45) is 0 Å². The number of aromatic nitrogens is 1. The van der Waals surface area contributed by atoms with Gasteiger partial charge in [0.05, 0.1) is 11.0 Å². The molecular weight excluding hydrogens is 709 g/mol. The summed E-state index contributed by atoms with van der Waals surface area (Å²) in [5.74, 6) is 0. The van der Waals surface area contributed by atoms with Crippen LogP contribution in [0.4, 0.5) is 17.1 Å².